The summed E-state index contributed by atoms with van der Waals surface area (Å²) in [5, 5.41) is 10.2. The first-order valence-electron chi connectivity index (χ1n) is 6.60. The lowest BCUT2D eigenvalue weighted by Gasteiger charge is -2.10. The number of aromatic nitrogens is 1. The minimum atomic E-state index is -4.43. The molecule has 1 heterocycles. The van der Waals surface area contributed by atoms with Gasteiger partial charge in [0.15, 0.2) is 4.34 Å². The first kappa shape index (κ1) is 18.5. The van der Waals surface area contributed by atoms with Crippen molar-refractivity contribution in [1.82, 2.24) is 4.98 Å². The molecule has 2 aromatic rings. The van der Waals surface area contributed by atoms with E-state index in [0.717, 1.165) is 23.9 Å². The van der Waals surface area contributed by atoms with E-state index in [2.05, 4.69) is 4.98 Å². The van der Waals surface area contributed by atoms with Crippen LogP contribution >= 0.6 is 34.7 Å². The van der Waals surface area contributed by atoms with E-state index < -0.39 is 17.8 Å². The molecule has 0 saturated heterocycles. The zero-order valence-corrected chi connectivity index (χ0v) is 14.4. The highest BCUT2D eigenvalue weighted by atomic mass is 35.5. The Bertz CT molecular complexity index is 676. The van der Waals surface area contributed by atoms with Crippen LogP contribution in [-0.2, 0) is 6.18 Å². The van der Waals surface area contributed by atoms with Crippen LogP contribution in [0.2, 0.25) is 5.02 Å². The van der Waals surface area contributed by atoms with Gasteiger partial charge < -0.3 is 10.8 Å². The summed E-state index contributed by atoms with van der Waals surface area (Å²) in [5.74, 6) is 0. The second-order valence-corrected chi connectivity index (χ2v) is 7.76. The predicted molar refractivity (Wildman–Crippen MR) is 85.9 cm³/mol. The van der Waals surface area contributed by atoms with Crippen LogP contribution in [0.3, 0.4) is 0 Å². The van der Waals surface area contributed by atoms with Crippen LogP contribution in [0.25, 0.3) is 0 Å². The number of hydrogen-bond acceptors (Lipinski definition) is 5. The Hall–Kier alpha value is -0.800. The van der Waals surface area contributed by atoms with Crippen molar-refractivity contribution >= 4 is 34.7 Å². The number of halogens is 4. The maximum atomic E-state index is 12.8. The Labute approximate surface area is 144 Å². The van der Waals surface area contributed by atoms with Crippen molar-refractivity contribution in [3.8, 4) is 0 Å². The fraction of sp³-hybridized carbons (Fsp3) is 0.357. The van der Waals surface area contributed by atoms with Crippen LogP contribution in [0.4, 0.5) is 13.2 Å². The Kier molecular flexibility index (Phi) is 5.96. The molecule has 3 N–H and O–H groups in total. The fourth-order valence-electron chi connectivity index (χ4n) is 1.79. The van der Waals surface area contributed by atoms with Gasteiger partial charge in [-0.3, -0.25) is 0 Å². The van der Waals surface area contributed by atoms with Crippen LogP contribution < -0.4 is 5.73 Å². The smallest absolute Gasteiger partial charge is 0.387 e. The lowest BCUT2D eigenvalue weighted by Crippen LogP contribution is -2.18. The van der Waals surface area contributed by atoms with Crippen LogP contribution in [-0.4, -0.2) is 16.1 Å². The fourth-order valence-corrected chi connectivity index (χ4v) is 4.04. The van der Waals surface area contributed by atoms with Crippen LogP contribution in [0.5, 0.6) is 0 Å². The van der Waals surface area contributed by atoms with Gasteiger partial charge in [0.25, 0.3) is 0 Å². The van der Waals surface area contributed by atoms with E-state index in [9.17, 15) is 18.3 Å². The number of rotatable bonds is 5. The summed E-state index contributed by atoms with van der Waals surface area (Å²) < 4.78 is 38.8. The minimum Gasteiger partial charge on any atom is -0.387 e. The molecular weight excluding hydrogens is 369 g/mol. The third-order valence-corrected chi connectivity index (χ3v) is 5.55. The number of hydrogen-bond donors (Lipinski definition) is 2. The van der Waals surface area contributed by atoms with Crippen molar-refractivity contribution in [2.45, 2.75) is 40.9 Å². The second-order valence-electron chi connectivity index (χ2n) is 5.00. The first-order valence-corrected chi connectivity index (χ1v) is 8.62. The van der Waals surface area contributed by atoms with Gasteiger partial charge in [-0.25, -0.2) is 4.98 Å². The molecule has 0 saturated carbocycles. The quantitative estimate of drug-likeness (QED) is 0.784. The average molecular weight is 383 g/mol. The van der Waals surface area contributed by atoms with E-state index in [-0.39, 0.29) is 16.0 Å². The van der Waals surface area contributed by atoms with Crippen LogP contribution in [0.1, 0.15) is 29.9 Å². The Morgan fingerprint density at radius 2 is 2.13 bits per heavy atom. The number of thiazole rings is 1. The molecule has 0 fully saturated rings. The molecule has 0 amide bonds. The molecule has 2 atom stereocenters. The van der Waals surface area contributed by atoms with Crippen LogP contribution in [0.15, 0.2) is 33.6 Å². The number of nitrogens with zero attached hydrogens (tertiary/aromatic N) is 1. The number of aliphatic hydroxyl groups excluding tert-OH is 1. The Morgan fingerprint density at radius 1 is 1.43 bits per heavy atom. The molecule has 0 spiro atoms. The molecule has 1 aromatic heterocycles. The maximum Gasteiger partial charge on any atom is 0.416 e. The van der Waals surface area contributed by atoms with E-state index in [1.807, 2.05) is 0 Å². The monoisotopic (exact) mass is 382 g/mol. The summed E-state index contributed by atoms with van der Waals surface area (Å²) in [6.45, 7) is 1.78. The summed E-state index contributed by atoms with van der Waals surface area (Å²) in [7, 11) is 0. The molecule has 0 radical (unpaired) electrons. The van der Waals surface area contributed by atoms with Gasteiger partial charge in [-0.2, -0.15) is 13.2 Å². The van der Waals surface area contributed by atoms with Crippen molar-refractivity contribution in [2.24, 2.45) is 5.73 Å². The van der Waals surface area contributed by atoms with E-state index in [1.165, 1.54) is 23.6 Å². The average Bonchev–Trinajstić information content (AvgIpc) is 2.88. The summed E-state index contributed by atoms with van der Waals surface area (Å²) in [5.41, 5.74) is 4.87. The van der Waals surface area contributed by atoms with Crippen molar-refractivity contribution in [3.63, 3.8) is 0 Å². The lowest BCUT2D eigenvalue weighted by atomic mass is 10.1. The van der Waals surface area contributed by atoms with Crippen molar-refractivity contribution in [2.75, 3.05) is 0 Å². The second kappa shape index (κ2) is 7.40. The van der Waals surface area contributed by atoms with E-state index in [1.54, 1.807) is 6.92 Å². The number of benzene rings is 1. The summed E-state index contributed by atoms with van der Waals surface area (Å²) in [6.07, 6.45) is -3.28. The summed E-state index contributed by atoms with van der Waals surface area (Å²) in [6, 6.07) is 2.98. The molecule has 0 aliphatic rings. The highest BCUT2D eigenvalue weighted by Gasteiger charge is 2.31. The Morgan fingerprint density at radius 3 is 2.74 bits per heavy atom. The van der Waals surface area contributed by atoms with Crippen molar-refractivity contribution < 1.29 is 18.3 Å². The van der Waals surface area contributed by atoms with Crippen LogP contribution in [0, 0.1) is 0 Å². The molecule has 0 unspecified atom stereocenters. The first-order chi connectivity index (χ1) is 10.7. The van der Waals surface area contributed by atoms with Gasteiger partial charge in [-0.15, -0.1) is 11.3 Å². The van der Waals surface area contributed by atoms with Gasteiger partial charge in [0.2, 0.25) is 0 Å². The van der Waals surface area contributed by atoms with Gasteiger partial charge in [-0.05, 0) is 31.5 Å². The maximum absolute atomic E-state index is 12.8. The number of nitrogens with two attached hydrogens (primary N) is 1. The molecule has 0 aliphatic carbocycles. The number of aliphatic hydroxyl groups is 1. The Balaban J connectivity index is 2.18. The third-order valence-electron chi connectivity index (χ3n) is 2.88. The molecule has 0 aliphatic heterocycles. The van der Waals surface area contributed by atoms with Gasteiger partial charge in [0.05, 0.1) is 21.6 Å². The van der Waals surface area contributed by atoms with Gasteiger partial charge in [0.1, 0.15) is 0 Å². The lowest BCUT2D eigenvalue weighted by molar-refractivity contribution is -0.137. The van der Waals surface area contributed by atoms with Gasteiger partial charge in [0, 0.05) is 17.1 Å². The van der Waals surface area contributed by atoms with E-state index >= 15 is 0 Å². The standard InChI is InChI=1S/C14H14ClF3N2OS2/c1-7(19)4-10(21)12-6-20-13(23-12)22-11-5-8(14(16,17)18)2-3-9(11)15/h2-3,5-7,10,21H,4,19H2,1H3/t7-,10+/m0/s1. The summed E-state index contributed by atoms with van der Waals surface area (Å²) in [4.78, 5) is 5.00. The summed E-state index contributed by atoms with van der Waals surface area (Å²) >= 11 is 8.20. The SMILES string of the molecule is C[C@H](N)C[C@@H](O)c1cnc(Sc2cc(C(F)(F)F)ccc2Cl)s1. The molecule has 9 heteroatoms. The molecule has 0 bridgehead atoms. The van der Waals surface area contributed by atoms with Crippen molar-refractivity contribution in [3.05, 3.63) is 39.9 Å². The highest BCUT2D eigenvalue weighted by molar-refractivity contribution is 8.01. The number of alkyl halides is 3. The normalized spacial score (nSPS) is 14.7. The van der Waals surface area contributed by atoms with E-state index in [0.29, 0.717) is 15.6 Å². The zero-order chi connectivity index (χ0) is 17.2. The largest absolute Gasteiger partial charge is 0.416 e. The van der Waals surface area contributed by atoms with E-state index in [4.69, 9.17) is 17.3 Å². The van der Waals surface area contributed by atoms with Gasteiger partial charge >= 0.3 is 6.18 Å². The third kappa shape index (κ3) is 5.09. The van der Waals surface area contributed by atoms with Gasteiger partial charge in [-0.1, -0.05) is 23.4 Å². The molecule has 126 valence electrons. The molecular formula is C14H14ClF3N2OS2. The predicted octanol–water partition coefficient (Wildman–Crippen LogP) is 4.74. The highest BCUT2D eigenvalue weighted by Crippen LogP contribution is 2.40. The molecule has 23 heavy (non-hydrogen) atoms. The molecule has 1 aromatic carbocycles. The molecule has 3 nitrogen and oxygen atoms in total. The zero-order valence-electron chi connectivity index (χ0n) is 12.0. The topological polar surface area (TPSA) is 59.1 Å². The van der Waals surface area contributed by atoms with Crippen molar-refractivity contribution in [1.29, 1.82) is 0 Å². The minimum absolute atomic E-state index is 0.166. The molecule has 2 rings (SSSR count).